The smallest absolute Gasteiger partial charge is 0.343 e. The van der Waals surface area contributed by atoms with Gasteiger partial charge in [0.25, 0.3) is 0 Å². The molecule has 8 heteroatoms. The number of hydrogen-bond acceptors (Lipinski definition) is 5. The number of hydrogen-bond donors (Lipinski definition) is 1. The van der Waals surface area contributed by atoms with Gasteiger partial charge < -0.3 is 9.47 Å². The van der Waals surface area contributed by atoms with E-state index in [0.717, 1.165) is 12.8 Å². The largest absolute Gasteiger partial charge is 0.480 e. The highest BCUT2D eigenvalue weighted by atomic mass is 35.5. The van der Waals surface area contributed by atoms with Crippen molar-refractivity contribution >= 4 is 27.6 Å². The van der Waals surface area contributed by atoms with Crippen molar-refractivity contribution in [3.63, 3.8) is 0 Å². The van der Waals surface area contributed by atoms with E-state index >= 15 is 0 Å². The number of sulfonamides is 1. The number of esters is 1. The Kier molecular flexibility index (Phi) is 7.12. The highest BCUT2D eigenvalue weighted by Gasteiger charge is 2.18. The summed E-state index contributed by atoms with van der Waals surface area (Å²) in [4.78, 5) is 11.1. The molecule has 0 aromatic heterocycles. The number of nitrogens with one attached hydrogen (secondary N) is 1. The van der Waals surface area contributed by atoms with Crippen LogP contribution in [-0.2, 0) is 19.6 Å². The van der Waals surface area contributed by atoms with Gasteiger partial charge in [-0.1, -0.05) is 24.9 Å². The Hall–Kier alpha value is -1.31. The first kappa shape index (κ1) is 18.7. The first-order valence-electron chi connectivity index (χ1n) is 6.81. The van der Waals surface area contributed by atoms with E-state index in [1.807, 2.05) is 6.92 Å². The van der Waals surface area contributed by atoms with Crippen molar-refractivity contribution in [1.29, 1.82) is 0 Å². The quantitative estimate of drug-likeness (QED) is 0.728. The molecule has 1 aromatic rings. The molecule has 0 amide bonds. The molecule has 1 atom stereocenters. The average molecular weight is 350 g/mol. The van der Waals surface area contributed by atoms with E-state index in [4.69, 9.17) is 16.3 Å². The Labute approximate surface area is 135 Å². The van der Waals surface area contributed by atoms with Gasteiger partial charge in [-0.2, -0.15) is 0 Å². The van der Waals surface area contributed by atoms with Crippen LogP contribution in [0.5, 0.6) is 5.75 Å². The number of benzene rings is 1. The van der Waals surface area contributed by atoms with E-state index in [2.05, 4.69) is 9.46 Å². The predicted octanol–water partition coefficient (Wildman–Crippen LogP) is 2.36. The summed E-state index contributed by atoms with van der Waals surface area (Å²) in [5.74, 6) is -0.338. The zero-order valence-corrected chi connectivity index (χ0v) is 14.3. The monoisotopic (exact) mass is 349 g/mol. The standard InChI is InChI=1S/C14H20ClNO5S/c1-4-5-10(2)16-22(18,19)11-6-7-13(12(15)8-11)21-9-14(17)20-3/h6-8,10,16H,4-5,9H2,1-3H3/t10-/m0/s1. The van der Waals surface area contributed by atoms with Crippen molar-refractivity contribution < 1.29 is 22.7 Å². The Bertz CT molecular complexity index is 618. The third-order valence-electron chi connectivity index (χ3n) is 2.86. The molecule has 1 rings (SSSR count). The van der Waals surface area contributed by atoms with Crippen molar-refractivity contribution in [3.8, 4) is 5.75 Å². The van der Waals surface area contributed by atoms with Crippen LogP contribution in [0.25, 0.3) is 0 Å². The van der Waals surface area contributed by atoms with E-state index in [9.17, 15) is 13.2 Å². The second-order valence-corrected chi connectivity index (χ2v) is 6.89. The average Bonchev–Trinajstić information content (AvgIpc) is 2.45. The van der Waals surface area contributed by atoms with Crippen molar-refractivity contribution in [2.45, 2.75) is 37.6 Å². The molecule has 0 saturated heterocycles. The van der Waals surface area contributed by atoms with E-state index in [-0.39, 0.29) is 28.3 Å². The van der Waals surface area contributed by atoms with E-state index in [1.54, 1.807) is 6.92 Å². The molecular formula is C14H20ClNO5S. The summed E-state index contributed by atoms with van der Waals surface area (Å²) >= 11 is 5.99. The van der Waals surface area contributed by atoms with E-state index < -0.39 is 16.0 Å². The van der Waals surface area contributed by atoms with Crippen molar-refractivity contribution in [1.82, 2.24) is 4.72 Å². The maximum atomic E-state index is 12.2. The zero-order chi connectivity index (χ0) is 16.8. The normalized spacial score (nSPS) is 12.7. The molecule has 0 saturated carbocycles. The van der Waals surface area contributed by atoms with Crippen LogP contribution >= 0.6 is 11.6 Å². The Morgan fingerprint density at radius 1 is 1.41 bits per heavy atom. The second-order valence-electron chi connectivity index (χ2n) is 4.77. The van der Waals surface area contributed by atoms with Gasteiger partial charge in [0.15, 0.2) is 6.61 Å². The molecule has 22 heavy (non-hydrogen) atoms. The molecule has 124 valence electrons. The highest BCUT2D eigenvalue weighted by molar-refractivity contribution is 7.89. The van der Waals surface area contributed by atoms with Crippen LogP contribution in [0.15, 0.2) is 23.1 Å². The Balaban J connectivity index is 2.85. The zero-order valence-electron chi connectivity index (χ0n) is 12.8. The fourth-order valence-corrected chi connectivity index (χ4v) is 3.39. The minimum atomic E-state index is -3.64. The van der Waals surface area contributed by atoms with Gasteiger partial charge in [-0.05, 0) is 31.5 Å². The first-order valence-corrected chi connectivity index (χ1v) is 8.67. The topological polar surface area (TPSA) is 81.7 Å². The predicted molar refractivity (Wildman–Crippen MR) is 83.7 cm³/mol. The van der Waals surface area contributed by atoms with E-state index in [1.165, 1.54) is 25.3 Å². The third-order valence-corrected chi connectivity index (χ3v) is 4.75. The molecule has 0 spiro atoms. The maximum absolute atomic E-state index is 12.2. The summed E-state index contributed by atoms with van der Waals surface area (Å²) in [6, 6.07) is 3.91. The second kappa shape index (κ2) is 8.36. The van der Waals surface area contributed by atoms with Gasteiger partial charge in [0.2, 0.25) is 10.0 Å². The number of ether oxygens (including phenoxy) is 2. The van der Waals surface area contributed by atoms with Crippen molar-refractivity contribution in [3.05, 3.63) is 23.2 Å². The summed E-state index contributed by atoms with van der Waals surface area (Å²) in [7, 11) is -2.40. The van der Waals surface area contributed by atoms with Crippen LogP contribution in [0.1, 0.15) is 26.7 Å². The number of carbonyl (C=O) groups excluding carboxylic acids is 1. The third kappa shape index (κ3) is 5.47. The van der Waals surface area contributed by atoms with Crippen LogP contribution in [0, 0.1) is 0 Å². The summed E-state index contributed by atoms with van der Waals surface area (Å²) < 4.78 is 36.6. The molecule has 6 nitrogen and oxygen atoms in total. The van der Waals surface area contributed by atoms with Crippen molar-refractivity contribution in [2.24, 2.45) is 0 Å². The van der Waals surface area contributed by atoms with Gasteiger partial charge in [0, 0.05) is 6.04 Å². The summed E-state index contributed by atoms with van der Waals surface area (Å²) in [6.45, 7) is 3.49. The van der Waals surface area contributed by atoms with Gasteiger partial charge in [-0.15, -0.1) is 0 Å². The lowest BCUT2D eigenvalue weighted by Gasteiger charge is -2.14. The van der Waals surface area contributed by atoms with Gasteiger partial charge in [0.05, 0.1) is 17.0 Å². The molecule has 0 heterocycles. The van der Waals surface area contributed by atoms with E-state index in [0.29, 0.717) is 0 Å². The SMILES string of the molecule is CCC[C@H](C)NS(=O)(=O)c1ccc(OCC(=O)OC)c(Cl)c1. The number of methoxy groups -OCH3 is 1. The summed E-state index contributed by atoms with van der Waals surface area (Å²) in [5, 5.41) is 0.106. The van der Waals surface area contributed by atoms with Crippen LogP contribution in [0.4, 0.5) is 0 Å². The fourth-order valence-electron chi connectivity index (χ4n) is 1.79. The lowest BCUT2D eigenvalue weighted by atomic mass is 10.2. The molecule has 1 N–H and O–H groups in total. The Morgan fingerprint density at radius 2 is 2.09 bits per heavy atom. The lowest BCUT2D eigenvalue weighted by molar-refractivity contribution is -0.142. The van der Waals surface area contributed by atoms with Crippen LogP contribution in [0.3, 0.4) is 0 Å². The molecule has 0 fully saturated rings. The summed E-state index contributed by atoms with van der Waals surface area (Å²) in [5.41, 5.74) is 0. The molecule has 0 aliphatic rings. The van der Waals surface area contributed by atoms with Gasteiger partial charge in [0.1, 0.15) is 5.75 Å². The number of halogens is 1. The Morgan fingerprint density at radius 3 is 2.64 bits per heavy atom. The maximum Gasteiger partial charge on any atom is 0.343 e. The van der Waals surface area contributed by atoms with Gasteiger partial charge >= 0.3 is 5.97 Å². The van der Waals surface area contributed by atoms with Crippen molar-refractivity contribution in [2.75, 3.05) is 13.7 Å². The molecule has 0 radical (unpaired) electrons. The highest BCUT2D eigenvalue weighted by Crippen LogP contribution is 2.27. The number of carbonyl (C=O) groups is 1. The molecule has 0 unspecified atom stereocenters. The van der Waals surface area contributed by atoms with Gasteiger partial charge in [-0.25, -0.2) is 17.9 Å². The fraction of sp³-hybridized carbons (Fsp3) is 0.500. The van der Waals surface area contributed by atoms with Crippen LogP contribution in [-0.4, -0.2) is 34.1 Å². The molecule has 0 bridgehead atoms. The minimum absolute atomic E-state index is 0.0471. The molecule has 0 aliphatic heterocycles. The molecular weight excluding hydrogens is 330 g/mol. The minimum Gasteiger partial charge on any atom is -0.480 e. The molecule has 0 aliphatic carbocycles. The number of rotatable bonds is 8. The van der Waals surface area contributed by atoms with Crippen LogP contribution in [0.2, 0.25) is 5.02 Å². The summed E-state index contributed by atoms with van der Waals surface area (Å²) in [6.07, 6.45) is 1.62. The lowest BCUT2D eigenvalue weighted by Crippen LogP contribution is -2.32. The molecule has 1 aromatic carbocycles. The van der Waals surface area contributed by atoms with Gasteiger partial charge in [-0.3, -0.25) is 0 Å². The van der Waals surface area contributed by atoms with Crippen LogP contribution < -0.4 is 9.46 Å². The first-order chi connectivity index (χ1) is 10.3.